The zero-order valence-electron chi connectivity index (χ0n) is 14.9. The molecule has 1 amide bonds. The summed E-state index contributed by atoms with van der Waals surface area (Å²) in [6.45, 7) is 1.97. The number of carbonyl (C=O) groups excluding carboxylic acids is 1. The molecule has 0 saturated carbocycles. The highest BCUT2D eigenvalue weighted by Gasteiger charge is 2.38. The number of amides is 1. The molecule has 0 unspecified atom stereocenters. The second kappa shape index (κ2) is 6.93. The number of hydrogen-bond acceptors (Lipinski definition) is 4. The van der Waals surface area contributed by atoms with Crippen LogP contribution in [0.1, 0.15) is 27.7 Å². The van der Waals surface area contributed by atoms with Gasteiger partial charge in [-0.1, -0.05) is 29.8 Å². The van der Waals surface area contributed by atoms with E-state index in [0.717, 1.165) is 11.1 Å². The SMILES string of the molecule is COc1ccc(Cl)cc1N[C@H]1c2ccccc2C(=O)N1c1cc(C)ccn1. The molecule has 136 valence electrons. The Balaban J connectivity index is 1.82. The molecule has 0 radical (unpaired) electrons. The minimum atomic E-state index is -0.421. The van der Waals surface area contributed by atoms with Gasteiger partial charge in [0.05, 0.1) is 12.8 Å². The maximum absolute atomic E-state index is 13.1. The van der Waals surface area contributed by atoms with Crippen LogP contribution in [0.5, 0.6) is 5.75 Å². The van der Waals surface area contributed by atoms with Crippen LogP contribution in [0, 0.1) is 6.92 Å². The van der Waals surface area contributed by atoms with Gasteiger partial charge in [0.25, 0.3) is 5.91 Å². The van der Waals surface area contributed by atoms with Crippen molar-refractivity contribution < 1.29 is 9.53 Å². The largest absolute Gasteiger partial charge is 0.495 e. The molecule has 0 bridgehead atoms. The van der Waals surface area contributed by atoms with Crippen LogP contribution >= 0.6 is 11.6 Å². The first-order valence-electron chi connectivity index (χ1n) is 8.53. The third-order valence-corrected chi connectivity index (χ3v) is 4.80. The summed E-state index contributed by atoms with van der Waals surface area (Å²) >= 11 is 6.17. The van der Waals surface area contributed by atoms with E-state index in [4.69, 9.17) is 16.3 Å². The molecule has 1 atom stereocenters. The number of hydrogen-bond donors (Lipinski definition) is 1. The Kier molecular flexibility index (Phi) is 4.46. The molecule has 1 N–H and O–H groups in total. The molecule has 6 heteroatoms. The average Bonchev–Trinajstić information content (AvgIpc) is 2.94. The fourth-order valence-electron chi connectivity index (χ4n) is 3.29. The minimum Gasteiger partial charge on any atom is -0.495 e. The zero-order chi connectivity index (χ0) is 19.0. The molecule has 1 aliphatic rings. The lowest BCUT2D eigenvalue weighted by Gasteiger charge is -2.27. The number of carbonyl (C=O) groups is 1. The second-order valence-electron chi connectivity index (χ2n) is 6.35. The predicted octanol–water partition coefficient (Wildman–Crippen LogP) is 4.82. The van der Waals surface area contributed by atoms with Crippen molar-refractivity contribution in [3.05, 3.63) is 82.5 Å². The van der Waals surface area contributed by atoms with Crippen molar-refractivity contribution in [3.8, 4) is 5.75 Å². The van der Waals surface area contributed by atoms with Crippen LogP contribution in [-0.2, 0) is 0 Å². The van der Waals surface area contributed by atoms with E-state index in [9.17, 15) is 4.79 Å². The lowest BCUT2D eigenvalue weighted by molar-refractivity contribution is 0.0992. The van der Waals surface area contributed by atoms with E-state index in [2.05, 4.69) is 10.3 Å². The Morgan fingerprint density at radius 3 is 2.74 bits per heavy atom. The van der Waals surface area contributed by atoms with Crippen LogP contribution < -0.4 is 15.0 Å². The standard InChI is InChI=1S/C21H18ClN3O2/c1-13-9-10-23-19(11-13)25-20(15-5-3-4-6-16(15)21(25)26)24-17-12-14(22)7-8-18(17)27-2/h3-12,20,24H,1-2H3/t20-/m1/s1. The molecule has 5 nitrogen and oxygen atoms in total. The third-order valence-electron chi connectivity index (χ3n) is 4.56. The van der Waals surface area contributed by atoms with Gasteiger partial charge in [-0.2, -0.15) is 0 Å². The van der Waals surface area contributed by atoms with E-state index in [0.29, 0.717) is 27.8 Å². The van der Waals surface area contributed by atoms with Crippen molar-refractivity contribution in [3.63, 3.8) is 0 Å². The van der Waals surface area contributed by atoms with Crippen LogP contribution in [0.3, 0.4) is 0 Å². The zero-order valence-corrected chi connectivity index (χ0v) is 15.7. The fraction of sp³-hybridized carbons (Fsp3) is 0.143. The molecule has 0 fully saturated rings. The lowest BCUT2D eigenvalue weighted by Crippen LogP contribution is -2.33. The maximum Gasteiger partial charge on any atom is 0.261 e. The first-order chi connectivity index (χ1) is 13.1. The van der Waals surface area contributed by atoms with Crippen LogP contribution in [0.4, 0.5) is 11.5 Å². The highest BCUT2D eigenvalue weighted by atomic mass is 35.5. The monoisotopic (exact) mass is 379 g/mol. The number of aryl methyl sites for hydroxylation is 1. The molecule has 2 heterocycles. The van der Waals surface area contributed by atoms with Crippen LogP contribution in [0.25, 0.3) is 0 Å². The Labute approximate surface area is 162 Å². The van der Waals surface area contributed by atoms with Gasteiger partial charge in [-0.3, -0.25) is 9.69 Å². The maximum atomic E-state index is 13.1. The summed E-state index contributed by atoms with van der Waals surface area (Å²) in [5.41, 5.74) is 3.27. The predicted molar refractivity (Wildman–Crippen MR) is 107 cm³/mol. The summed E-state index contributed by atoms with van der Waals surface area (Å²) in [7, 11) is 1.60. The molecule has 3 aromatic rings. The Bertz CT molecular complexity index is 1020. The average molecular weight is 380 g/mol. The number of benzene rings is 2. The Morgan fingerprint density at radius 1 is 1.15 bits per heavy atom. The summed E-state index contributed by atoms with van der Waals surface area (Å²) in [6, 6.07) is 16.7. The summed E-state index contributed by atoms with van der Waals surface area (Å²) in [4.78, 5) is 19.2. The highest BCUT2D eigenvalue weighted by Crippen LogP contribution is 2.39. The van der Waals surface area contributed by atoms with Gasteiger partial charge in [0, 0.05) is 22.3 Å². The van der Waals surface area contributed by atoms with E-state index in [1.807, 2.05) is 43.3 Å². The number of methoxy groups -OCH3 is 1. The molecule has 0 aliphatic carbocycles. The highest BCUT2D eigenvalue weighted by molar-refractivity contribution is 6.31. The number of halogens is 1. The number of nitrogens with zero attached hydrogens (tertiary/aromatic N) is 2. The van der Waals surface area contributed by atoms with Gasteiger partial charge in [-0.05, 0) is 48.9 Å². The minimum absolute atomic E-state index is 0.0952. The van der Waals surface area contributed by atoms with E-state index in [1.165, 1.54) is 0 Å². The topological polar surface area (TPSA) is 54.5 Å². The fourth-order valence-corrected chi connectivity index (χ4v) is 3.46. The molecule has 0 spiro atoms. The van der Waals surface area contributed by atoms with Gasteiger partial charge >= 0.3 is 0 Å². The van der Waals surface area contributed by atoms with Gasteiger partial charge in [0.15, 0.2) is 0 Å². The number of nitrogens with one attached hydrogen (secondary N) is 1. The van der Waals surface area contributed by atoms with Crippen molar-refractivity contribution >= 4 is 29.0 Å². The number of aromatic nitrogens is 1. The number of ether oxygens (including phenoxy) is 1. The molecular weight excluding hydrogens is 362 g/mol. The van der Waals surface area contributed by atoms with Gasteiger partial charge in [0.2, 0.25) is 0 Å². The molecule has 1 aliphatic heterocycles. The third kappa shape index (κ3) is 3.11. The van der Waals surface area contributed by atoms with Gasteiger partial charge in [-0.15, -0.1) is 0 Å². The molecule has 0 saturated heterocycles. The first kappa shape index (κ1) is 17.4. The molecular formula is C21H18ClN3O2. The van der Waals surface area contributed by atoms with Crippen LogP contribution in [0.2, 0.25) is 5.02 Å². The quantitative estimate of drug-likeness (QED) is 0.705. The number of fused-ring (bicyclic) bond motifs is 1. The first-order valence-corrected chi connectivity index (χ1v) is 8.91. The Hall–Kier alpha value is -3.05. The molecule has 27 heavy (non-hydrogen) atoms. The lowest BCUT2D eigenvalue weighted by atomic mass is 10.1. The summed E-state index contributed by atoms with van der Waals surface area (Å²) in [6.07, 6.45) is 1.29. The van der Waals surface area contributed by atoms with Gasteiger partial charge in [-0.25, -0.2) is 4.98 Å². The molecule has 1 aromatic heterocycles. The second-order valence-corrected chi connectivity index (χ2v) is 6.78. The summed E-state index contributed by atoms with van der Waals surface area (Å²) in [5.74, 6) is 1.14. The summed E-state index contributed by atoms with van der Waals surface area (Å²) < 4.78 is 5.45. The van der Waals surface area contributed by atoms with E-state index < -0.39 is 6.17 Å². The molecule has 2 aromatic carbocycles. The van der Waals surface area contributed by atoms with Crippen molar-refractivity contribution in [2.45, 2.75) is 13.1 Å². The van der Waals surface area contributed by atoms with Gasteiger partial charge in [0.1, 0.15) is 17.7 Å². The van der Waals surface area contributed by atoms with Crippen LogP contribution in [0.15, 0.2) is 60.8 Å². The van der Waals surface area contributed by atoms with Crippen molar-refractivity contribution in [2.75, 3.05) is 17.3 Å². The van der Waals surface area contributed by atoms with E-state index in [-0.39, 0.29) is 5.91 Å². The van der Waals surface area contributed by atoms with Crippen molar-refractivity contribution in [1.82, 2.24) is 4.98 Å². The van der Waals surface area contributed by atoms with Crippen molar-refractivity contribution in [2.24, 2.45) is 0 Å². The number of pyridine rings is 1. The van der Waals surface area contributed by atoms with E-state index in [1.54, 1.807) is 36.4 Å². The van der Waals surface area contributed by atoms with Crippen molar-refractivity contribution in [1.29, 1.82) is 0 Å². The van der Waals surface area contributed by atoms with E-state index >= 15 is 0 Å². The summed E-state index contributed by atoms with van der Waals surface area (Å²) in [5, 5.41) is 3.99. The van der Waals surface area contributed by atoms with Gasteiger partial charge < -0.3 is 10.1 Å². The smallest absolute Gasteiger partial charge is 0.261 e. The number of rotatable bonds is 4. The Morgan fingerprint density at radius 2 is 1.96 bits per heavy atom. The molecule has 4 rings (SSSR count). The van der Waals surface area contributed by atoms with Crippen LogP contribution in [-0.4, -0.2) is 18.0 Å². The normalized spacial score (nSPS) is 15.6. The number of anilines is 2.